The average molecular weight is 283 g/mol. The summed E-state index contributed by atoms with van der Waals surface area (Å²) in [5.41, 5.74) is 0.985. The molecule has 1 N–H and O–H groups in total. The van der Waals surface area contributed by atoms with Crippen LogP contribution in [0.25, 0.3) is 0 Å². The van der Waals surface area contributed by atoms with E-state index in [0.29, 0.717) is 5.75 Å². The topological polar surface area (TPSA) is 53.7 Å². The van der Waals surface area contributed by atoms with Crippen molar-refractivity contribution >= 4 is 17.7 Å². The van der Waals surface area contributed by atoms with Gasteiger partial charge >= 0.3 is 0 Å². The highest BCUT2D eigenvalue weighted by Gasteiger charge is 2.33. The molecule has 2 rings (SSSR count). The van der Waals surface area contributed by atoms with Crippen molar-refractivity contribution in [1.29, 1.82) is 0 Å². The van der Waals surface area contributed by atoms with Gasteiger partial charge in [-0.05, 0) is 24.3 Å². The van der Waals surface area contributed by atoms with Crippen LogP contribution in [-0.2, 0) is 4.79 Å². The van der Waals surface area contributed by atoms with E-state index in [1.807, 2.05) is 24.8 Å². The van der Waals surface area contributed by atoms with Crippen LogP contribution >= 0.6 is 11.8 Å². The van der Waals surface area contributed by atoms with Crippen LogP contribution in [0.15, 0.2) is 23.0 Å². The summed E-state index contributed by atoms with van der Waals surface area (Å²) in [5, 5.41) is 9.33. The smallest absolute Gasteiger partial charge is 0.233 e. The van der Waals surface area contributed by atoms with Crippen molar-refractivity contribution in [2.75, 3.05) is 18.9 Å². The fraction of sp³-hybridized carbons (Fsp3) is 0.643. The first-order chi connectivity index (χ1) is 9.03. The quantitative estimate of drug-likeness (QED) is 0.872. The van der Waals surface area contributed by atoms with Crippen molar-refractivity contribution in [3.05, 3.63) is 24.2 Å². The largest absolute Gasteiger partial charge is 0.472 e. The molecule has 1 amide bonds. The summed E-state index contributed by atoms with van der Waals surface area (Å²) in [6.07, 6.45) is 5.18. The van der Waals surface area contributed by atoms with E-state index in [9.17, 15) is 9.90 Å². The maximum Gasteiger partial charge on any atom is 0.233 e. The minimum atomic E-state index is -0.0684. The van der Waals surface area contributed by atoms with Crippen LogP contribution in [0, 0.1) is 5.41 Å². The van der Waals surface area contributed by atoms with Crippen molar-refractivity contribution in [2.45, 2.75) is 32.1 Å². The number of hydrogen-bond acceptors (Lipinski definition) is 4. The first-order valence-corrected chi connectivity index (χ1v) is 7.62. The van der Waals surface area contributed by atoms with E-state index in [-0.39, 0.29) is 23.3 Å². The van der Waals surface area contributed by atoms with Crippen LogP contribution in [0.2, 0.25) is 0 Å². The molecule has 0 bridgehead atoms. The maximum absolute atomic E-state index is 11.9. The van der Waals surface area contributed by atoms with Crippen LogP contribution in [-0.4, -0.2) is 34.8 Å². The van der Waals surface area contributed by atoms with Gasteiger partial charge in [0.05, 0.1) is 18.3 Å². The lowest BCUT2D eigenvalue weighted by Gasteiger charge is -2.26. The number of amides is 1. The molecular formula is C14H21NO3S. The lowest BCUT2D eigenvalue weighted by Crippen LogP contribution is -2.30. The van der Waals surface area contributed by atoms with Crippen molar-refractivity contribution in [3.8, 4) is 0 Å². The number of carbonyl (C=O) groups excluding carboxylic acids is 1. The molecule has 0 radical (unpaired) electrons. The zero-order chi connectivity index (χ0) is 13.9. The Morgan fingerprint density at radius 1 is 1.58 bits per heavy atom. The third-order valence-electron chi connectivity index (χ3n) is 3.48. The van der Waals surface area contributed by atoms with Gasteiger partial charge in [-0.15, -0.1) is 11.8 Å². The summed E-state index contributed by atoms with van der Waals surface area (Å²) >= 11 is 1.65. The lowest BCUT2D eigenvalue weighted by atomic mass is 9.89. The number of hydrogen-bond donors (Lipinski definition) is 1. The van der Waals surface area contributed by atoms with Gasteiger partial charge in [-0.2, -0.15) is 0 Å². The predicted molar refractivity (Wildman–Crippen MR) is 75.7 cm³/mol. The molecule has 1 atom stereocenters. The molecule has 5 heteroatoms. The molecule has 1 aliphatic rings. The second-order valence-corrected chi connectivity index (χ2v) is 6.80. The second-order valence-electron chi connectivity index (χ2n) is 5.73. The van der Waals surface area contributed by atoms with Crippen LogP contribution < -0.4 is 0 Å². The minimum Gasteiger partial charge on any atom is -0.472 e. The third kappa shape index (κ3) is 3.54. The average Bonchev–Trinajstić information content (AvgIpc) is 3.00. The number of furan rings is 1. The first-order valence-electron chi connectivity index (χ1n) is 6.57. The molecule has 0 aromatic carbocycles. The standard InChI is InChI=1S/C14H21NO3S/c1-14(2,10-16)5-3-6-15-12(17)9-19-13(15)11-4-7-18-8-11/h4,7-8,13,16H,3,5-6,9-10H2,1-2H3. The summed E-state index contributed by atoms with van der Waals surface area (Å²) in [4.78, 5) is 13.8. The lowest BCUT2D eigenvalue weighted by molar-refractivity contribution is -0.128. The molecule has 1 unspecified atom stereocenters. The van der Waals surface area contributed by atoms with E-state index in [0.717, 1.165) is 24.9 Å². The molecule has 2 heterocycles. The van der Waals surface area contributed by atoms with Crippen LogP contribution in [0.1, 0.15) is 37.6 Å². The zero-order valence-electron chi connectivity index (χ0n) is 11.5. The van der Waals surface area contributed by atoms with E-state index < -0.39 is 0 Å². The predicted octanol–water partition coefficient (Wildman–Crippen LogP) is 2.65. The fourth-order valence-electron chi connectivity index (χ4n) is 2.19. The summed E-state index contributed by atoms with van der Waals surface area (Å²) in [6.45, 7) is 5.01. The summed E-state index contributed by atoms with van der Waals surface area (Å²) < 4.78 is 5.10. The summed E-state index contributed by atoms with van der Waals surface area (Å²) in [6, 6.07) is 1.92. The molecule has 0 saturated carbocycles. The highest BCUT2D eigenvalue weighted by molar-refractivity contribution is 8.00. The van der Waals surface area contributed by atoms with Crippen LogP contribution in [0.4, 0.5) is 0 Å². The maximum atomic E-state index is 11.9. The van der Waals surface area contributed by atoms with Gasteiger partial charge in [0, 0.05) is 18.7 Å². The minimum absolute atomic E-state index is 0.0684. The fourth-order valence-corrected chi connectivity index (χ4v) is 3.39. The molecule has 1 saturated heterocycles. The SMILES string of the molecule is CC(C)(CO)CCCN1C(=O)CSC1c1ccoc1. The number of carbonyl (C=O) groups is 1. The molecule has 1 aliphatic heterocycles. The van der Waals surface area contributed by atoms with Crippen molar-refractivity contribution in [2.24, 2.45) is 5.41 Å². The summed E-state index contributed by atoms with van der Waals surface area (Å²) in [7, 11) is 0. The van der Waals surface area contributed by atoms with Crippen LogP contribution in [0.5, 0.6) is 0 Å². The Bertz CT molecular complexity index is 416. The van der Waals surface area contributed by atoms with Crippen LogP contribution in [0.3, 0.4) is 0 Å². The number of thioether (sulfide) groups is 1. The third-order valence-corrected chi connectivity index (χ3v) is 4.73. The highest BCUT2D eigenvalue weighted by Crippen LogP contribution is 2.39. The normalized spacial score (nSPS) is 20.3. The second kappa shape index (κ2) is 6.01. The zero-order valence-corrected chi connectivity index (χ0v) is 12.3. The van der Waals surface area contributed by atoms with Crippen molar-refractivity contribution in [1.82, 2.24) is 4.90 Å². The van der Waals surface area contributed by atoms with Gasteiger partial charge in [0.1, 0.15) is 5.37 Å². The van der Waals surface area contributed by atoms with Crippen molar-refractivity contribution < 1.29 is 14.3 Å². The van der Waals surface area contributed by atoms with Gasteiger partial charge in [-0.3, -0.25) is 4.79 Å². The van der Waals surface area contributed by atoms with Gasteiger partial charge in [0.15, 0.2) is 0 Å². The van der Waals surface area contributed by atoms with Gasteiger partial charge in [-0.25, -0.2) is 0 Å². The molecule has 106 valence electrons. The molecule has 19 heavy (non-hydrogen) atoms. The van der Waals surface area contributed by atoms with Crippen molar-refractivity contribution in [3.63, 3.8) is 0 Å². The van der Waals surface area contributed by atoms with E-state index in [2.05, 4.69) is 0 Å². The number of nitrogens with zero attached hydrogens (tertiary/aromatic N) is 1. The van der Waals surface area contributed by atoms with Gasteiger partial charge in [-0.1, -0.05) is 13.8 Å². The Kier molecular flexibility index (Phi) is 4.58. The Labute approximate surface area is 118 Å². The molecule has 0 aliphatic carbocycles. The molecular weight excluding hydrogens is 262 g/mol. The van der Waals surface area contributed by atoms with Gasteiger partial charge < -0.3 is 14.4 Å². The Hall–Kier alpha value is -0.940. The number of aliphatic hydroxyl groups excluding tert-OH is 1. The monoisotopic (exact) mass is 283 g/mol. The summed E-state index contributed by atoms with van der Waals surface area (Å²) in [5.74, 6) is 0.734. The Balaban J connectivity index is 1.92. The van der Waals surface area contributed by atoms with Gasteiger partial charge in [0.25, 0.3) is 0 Å². The molecule has 1 fully saturated rings. The van der Waals surface area contributed by atoms with E-state index in [1.54, 1.807) is 24.3 Å². The number of aliphatic hydroxyl groups is 1. The first kappa shape index (κ1) is 14.5. The molecule has 0 spiro atoms. The highest BCUT2D eigenvalue weighted by atomic mass is 32.2. The molecule has 4 nitrogen and oxygen atoms in total. The Morgan fingerprint density at radius 2 is 2.37 bits per heavy atom. The van der Waals surface area contributed by atoms with E-state index in [1.165, 1.54) is 0 Å². The molecule has 1 aromatic rings. The molecule has 1 aromatic heterocycles. The van der Waals surface area contributed by atoms with Gasteiger partial charge in [0.2, 0.25) is 5.91 Å². The Morgan fingerprint density at radius 3 is 3.00 bits per heavy atom. The van der Waals surface area contributed by atoms with E-state index in [4.69, 9.17) is 4.42 Å². The number of rotatable bonds is 6. The van der Waals surface area contributed by atoms with E-state index >= 15 is 0 Å².